The highest BCUT2D eigenvalue weighted by atomic mass is 19.1. The van der Waals surface area contributed by atoms with Crippen LogP contribution in [-0.4, -0.2) is 20.5 Å². The highest BCUT2D eigenvalue weighted by Gasteiger charge is 2.29. The van der Waals surface area contributed by atoms with Crippen molar-refractivity contribution >= 4 is 16.8 Å². The Balaban J connectivity index is 1.73. The molecule has 0 N–H and O–H groups in total. The molecule has 0 atom stereocenters. The van der Waals surface area contributed by atoms with Crippen LogP contribution in [-0.2, 0) is 11.3 Å². The van der Waals surface area contributed by atoms with Gasteiger partial charge >= 0.3 is 0 Å². The Bertz CT molecular complexity index is 912. The largest absolute Gasteiger partial charge is 0.297 e. The third kappa shape index (κ3) is 2.63. The van der Waals surface area contributed by atoms with E-state index in [9.17, 15) is 9.18 Å². The minimum absolute atomic E-state index is 0.213. The van der Waals surface area contributed by atoms with Crippen LogP contribution in [0.2, 0.25) is 0 Å². The number of Topliss-reactive ketones (excluding diaryl/α,β-unsaturated/α-hetero) is 1. The van der Waals surface area contributed by atoms with Crippen LogP contribution in [0.15, 0.2) is 36.7 Å². The molecule has 4 rings (SSSR count). The molecule has 0 saturated heterocycles. The van der Waals surface area contributed by atoms with Gasteiger partial charge in [0.05, 0.1) is 11.7 Å². The molecule has 0 spiro atoms. The maximum Gasteiger partial charge on any atom is 0.157 e. The van der Waals surface area contributed by atoms with Crippen LogP contribution in [0.4, 0.5) is 4.39 Å². The molecule has 0 radical (unpaired) electrons. The number of rotatable bonds is 4. The number of carbonyl (C=O) groups excluding carboxylic acids is 1. The van der Waals surface area contributed by atoms with E-state index in [0.29, 0.717) is 12.1 Å². The molecule has 1 aliphatic carbocycles. The molecule has 1 aromatic carbocycles. The van der Waals surface area contributed by atoms with Crippen molar-refractivity contribution < 1.29 is 9.18 Å². The van der Waals surface area contributed by atoms with Crippen molar-refractivity contribution in [1.82, 2.24) is 14.8 Å². The van der Waals surface area contributed by atoms with Crippen molar-refractivity contribution in [3.63, 3.8) is 0 Å². The Kier molecular flexibility index (Phi) is 3.22. The predicted molar refractivity (Wildman–Crippen MR) is 85.4 cm³/mol. The zero-order valence-electron chi connectivity index (χ0n) is 12.8. The van der Waals surface area contributed by atoms with Gasteiger partial charge in [-0.2, -0.15) is 5.10 Å². The van der Waals surface area contributed by atoms with Crippen molar-refractivity contribution in [2.45, 2.75) is 26.3 Å². The predicted octanol–water partition coefficient (Wildman–Crippen LogP) is 3.52. The SMILES string of the molecule is Cc1cc(-c2cnc3cnn(CC(=O)C4CC4)c3c2)ccc1F. The molecule has 1 saturated carbocycles. The molecule has 2 aromatic heterocycles. The molecule has 0 aliphatic heterocycles. The number of carbonyl (C=O) groups is 1. The van der Waals surface area contributed by atoms with Gasteiger partial charge < -0.3 is 0 Å². The third-order valence-corrected chi connectivity index (χ3v) is 4.32. The number of aromatic nitrogens is 3. The van der Waals surface area contributed by atoms with Crippen LogP contribution >= 0.6 is 0 Å². The second-order valence-corrected chi connectivity index (χ2v) is 6.14. The van der Waals surface area contributed by atoms with Gasteiger partial charge in [0, 0.05) is 17.7 Å². The molecule has 2 heterocycles. The number of halogens is 1. The van der Waals surface area contributed by atoms with Gasteiger partial charge in [0.1, 0.15) is 17.9 Å². The Morgan fingerprint density at radius 1 is 1.26 bits per heavy atom. The average Bonchev–Trinajstić information content (AvgIpc) is 3.33. The normalized spacial score (nSPS) is 14.3. The number of benzene rings is 1. The summed E-state index contributed by atoms with van der Waals surface area (Å²) in [6.45, 7) is 2.03. The van der Waals surface area contributed by atoms with Gasteiger partial charge in [-0.25, -0.2) is 4.39 Å². The number of nitrogens with zero attached hydrogens (tertiary/aromatic N) is 3. The van der Waals surface area contributed by atoms with E-state index in [1.165, 1.54) is 6.07 Å². The van der Waals surface area contributed by atoms with Gasteiger partial charge in [-0.05, 0) is 49.1 Å². The van der Waals surface area contributed by atoms with Crippen LogP contribution in [0.3, 0.4) is 0 Å². The highest BCUT2D eigenvalue weighted by Crippen LogP contribution is 2.31. The zero-order chi connectivity index (χ0) is 16.0. The quantitative estimate of drug-likeness (QED) is 0.741. The van der Waals surface area contributed by atoms with Crippen LogP contribution in [0.5, 0.6) is 0 Å². The zero-order valence-corrected chi connectivity index (χ0v) is 12.8. The van der Waals surface area contributed by atoms with Gasteiger partial charge in [0.2, 0.25) is 0 Å². The van der Waals surface area contributed by atoms with Gasteiger partial charge in [-0.1, -0.05) is 6.07 Å². The summed E-state index contributed by atoms with van der Waals surface area (Å²) in [4.78, 5) is 16.4. The lowest BCUT2D eigenvalue weighted by molar-refractivity contribution is -0.120. The molecule has 0 unspecified atom stereocenters. The topological polar surface area (TPSA) is 47.8 Å². The van der Waals surface area contributed by atoms with Crippen LogP contribution < -0.4 is 0 Å². The van der Waals surface area contributed by atoms with E-state index in [1.807, 2.05) is 6.07 Å². The van der Waals surface area contributed by atoms with Crippen molar-refractivity contribution in [2.75, 3.05) is 0 Å². The fourth-order valence-corrected chi connectivity index (χ4v) is 2.75. The average molecular weight is 309 g/mol. The first-order valence-corrected chi connectivity index (χ1v) is 7.72. The molecule has 4 nitrogen and oxygen atoms in total. The third-order valence-electron chi connectivity index (χ3n) is 4.32. The van der Waals surface area contributed by atoms with Crippen molar-refractivity contribution in [3.05, 3.63) is 48.0 Å². The summed E-state index contributed by atoms with van der Waals surface area (Å²) in [5, 5.41) is 4.29. The highest BCUT2D eigenvalue weighted by molar-refractivity contribution is 5.86. The maximum absolute atomic E-state index is 13.4. The van der Waals surface area contributed by atoms with Crippen molar-refractivity contribution in [1.29, 1.82) is 0 Å². The Hall–Kier alpha value is -2.56. The van der Waals surface area contributed by atoms with Gasteiger partial charge in [0.25, 0.3) is 0 Å². The van der Waals surface area contributed by atoms with E-state index in [0.717, 1.165) is 35.0 Å². The van der Waals surface area contributed by atoms with Crippen molar-refractivity contribution in [3.8, 4) is 11.1 Å². The van der Waals surface area contributed by atoms with Crippen LogP contribution in [0, 0.1) is 18.7 Å². The second kappa shape index (κ2) is 5.26. The first-order valence-electron chi connectivity index (χ1n) is 7.72. The first kappa shape index (κ1) is 14.1. The van der Waals surface area contributed by atoms with Gasteiger partial charge in [0.15, 0.2) is 5.78 Å². The molecular formula is C18H16FN3O. The summed E-state index contributed by atoms with van der Waals surface area (Å²) in [5.41, 5.74) is 3.98. The van der Waals surface area contributed by atoms with E-state index in [1.54, 1.807) is 36.1 Å². The fraction of sp³-hybridized carbons (Fsp3) is 0.278. The molecule has 3 aromatic rings. The molecule has 1 aliphatic rings. The van der Waals surface area contributed by atoms with Crippen LogP contribution in [0.25, 0.3) is 22.2 Å². The summed E-state index contributed by atoms with van der Waals surface area (Å²) in [5.74, 6) is 0.228. The number of hydrogen-bond donors (Lipinski definition) is 0. The van der Waals surface area contributed by atoms with E-state index in [4.69, 9.17) is 0 Å². The fourth-order valence-electron chi connectivity index (χ4n) is 2.75. The number of hydrogen-bond acceptors (Lipinski definition) is 3. The van der Waals surface area contributed by atoms with E-state index in [2.05, 4.69) is 10.1 Å². The Morgan fingerprint density at radius 2 is 2.09 bits per heavy atom. The lowest BCUT2D eigenvalue weighted by Crippen LogP contribution is -2.12. The van der Waals surface area contributed by atoms with E-state index in [-0.39, 0.29) is 17.5 Å². The minimum atomic E-state index is -0.220. The van der Waals surface area contributed by atoms with Crippen LogP contribution in [0.1, 0.15) is 18.4 Å². The van der Waals surface area contributed by atoms with E-state index >= 15 is 0 Å². The van der Waals surface area contributed by atoms with Gasteiger partial charge in [-0.15, -0.1) is 0 Å². The maximum atomic E-state index is 13.4. The lowest BCUT2D eigenvalue weighted by atomic mass is 10.0. The summed E-state index contributed by atoms with van der Waals surface area (Å²) < 4.78 is 15.2. The number of fused-ring (bicyclic) bond motifs is 1. The molecular weight excluding hydrogens is 293 g/mol. The Labute approximate surface area is 133 Å². The summed E-state index contributed by atoms with van der Waals surface area (Å²) in [7, 11) is 0. The molecule has 0 amide bonds. The van der Waals surface area contributed by atoms with E-state index < -0.39 is 0 Å². The van der Waals surface area contributed by atoms with Crippen molar-refractivity contribution in [2.24, 2.45) is 5.92 Å². The standard InChI is InChI=1S/C18H16FN3O/c1-11-6-13(4-5-15(11)19)14-7-17-16(20-8-14)9-21-22(17)10-18(23)12-2-3-12/h4-9,12H,2-3,10H2,1H3. The molecule has 1 fully saturated rings. The molecule has 23 heavy (non-hydrogen) atoms. The van der Waals surface area contributed by atoms with Gasteiger partial charge in [-0.3, -0.25) is 14.5 Å². The molecule has 5 heteroatoms. The second-order valence-electron chi connectivity index (χ2n) is 6.14. The monoisotopic (exact) mass is 309 g/mol. The minimum Gasteiger partial charge on any atom is -0.297 e. The molecule has 0 bridgehead atoms. The number of ketones is 1. The summed E-state index contributed by atoms with van der Waals surface area (Å²) in [6.07, 6.45) is 5.42. The number of aryl methyl sites for hydroxylation is 1. The first-order chi connectivity index (χ1) is 11.1. The summed E-state index contributed by atoms with van der Waals surface area (Å²) >= 11 is 0. The molecule has 116 valence electrons. The summed E-state index contributed by atoms with van der Waals surface area (Å²) in [6, 6.07) is 6.96. The lowest BCUT2D eigenvalue weighted by Gasteiger charge is -2.06. The number of pyridine rings is 1. The smallest absolute Gasteiger partial charge is 0.157 e. The Morgan fingerprint density at radius 3 is 2.83 bits per heavy atom.